The third-order valence-electron chi connectivity index (χ3n) is 3.54. The fraction of sp³-hybridized carbons (Fsp3) is 0.882. The third kappa shape index (κ3) is 15.5. The predicted molar refractivity (Wildman–Crippen MR) is 85.2 cm³/mol. The van der Waals surface area contributed by atoms with Crippen LogP contribution in [0.4, 0.5) is 0 Å². The topological polar surface area (TPSA) is 49.3 Å². The van der Waals surface area contributed by atoms with Crippen LogP contribution in [-0.2, 0) is 4.79 Å². The number of unbranched alkanes of at least 4 members (excludes halogenated alkanes) is 10. The van der Waals surface area contributed by atoms with Crippen LogP contribution in [0.5, 0.6) is 0 Å². The van der Waals surface area contributed by atoms with Crippen molar-refractivity contribution in [2.24, 2.45) is 0 Å². The van der Waals surface area contributed by atoms with E-state index in [0.717, 1.165) is 12.8 Å². The van der Waals surface area contributed by atoms with Crippen LogP contribution in [0.3, 0.4) is 0 Å². The molecule has 2 N–H and O–H groups in total. The molecule has 0 saturated heterocycles. The molecule has 0 aromatic rings. The Morgan fingerprint density at radius 2 is 1.40 bits per heavy atom. The maximum atomic E-state index is 11.4. The molecule has 0 bridgehead atoms. The first-order valence-corrected chi connectivity index (χ1v) is 8.53. The molecular formula is C17H34NO2. The molecule has 3 nitrogen and oxygen atoms in total. The first-order chi connectivity index (χ1) is 9.81. The number of amides is 1. The van der Waals surface area contributed by atoms with Crippen molar-refractivity contribution < 1.29 is 9.90 Å². The second kappa shape index (κ2) is 16.5. The maximum Gasteiger partial charge on any atom is 0.220 e. The van der Waals surface area contributed by atoms with Crippen LogP contribution < -0.4 is 5.32 Å². The molecule has 0 saturated carbocycles. The van der Waals surface area contributed by atoms with Crippen molar-refractivity contribution in [3.8, 4) is 0 Å². The number of hydrogen-bond acceptors (Lipinski definition) is 2. The zero-order valence-corrected chi connectivity index (χ0v) is 13.3. The van der Waals surface area contributed by atoms with Gasteiger partial charge in [0.25, 0.3) is 0 Å². The Kier molecular flexibility index (Phi) is 16.0. The fourth-order valence-electron chi connectivity index (χ4n) is 2.27. The van der Waals surface area contributed by atoms with Crippen molar-refractivity contribution in [1.82, 2.24) is 5.32 Å². The average molecular weight is 284 g/mol. The summed E-state index contributed by atoms with van der Waals surface area (Å²) in [6.45, 7) is 3.99. The first kappa shape index (κ1) is 19.4. The minimum Gasteiger partial charge on any atom is -0.396 e. The quantitative estimate of drug-likeness (QED) is 0.439. The van der Waals surface area contributed by atoms with Gasteiger partial charge in [-0.15, -0.1) is 0 Å². The highest BCUT2D eigenvalue weighted by atomic mass is 16.3. The van der Waals surface area contributed by atoms with Gasteiger partial charge in [-0.25, -0.2) is 0 Å². The average Bonchev–Trinajstić information content (AvgIpc) is 2.45. The van der Waals surface area contributed by atoms with E-state index in [1.807, 2.05) is 0 Å². The standard InChI is InChI=1S/C17H34NO2/c1-2-3-4-5-6-7-8-9-10-11-12-14-17(20)18-15-13-16-19/h15,19H,2-14,16H2,1H3,(H,18,20). The second-order valence-electron chi connectivity index (χ2n) is 5.57. The van der Waals surface area contributed by atoms with Gasteiger partial charge in [-0.2, -0.15) is 0 Å². The van der Waals surface area contributed by atoms with Crippen LogP contribution in [0, 0.1) is 6.54 Å². The summed E-state index contributed by atoms with van der Waals surface area (Å²) in [5, 5.41) is 11.3. The van der Waals surface area contributed by atoms with Gasteiger partial charge in [0.1, 0.15) is 0 Å². The van der Waals surface area contributed by atoms with Gasteiger partial charge < -0.3 is 10.4 Å². The van der Waals surface area contributed by atoms with Gasteiger partial charge in [0, 0.05) is 13.0 Å². The van der Waals surface area contributed by atoms with Gasteiger partial charge in [-0.1, -0.05) is 71.1 Å². The summed E-state index contributed by atoms with van der Waals surface area (Å²) in [7, 11) is 0. The number of rotatable bonds is 15. The lowest BCUT2D eigenvalue weighted by atomic mass is 10.1. The van der Waals surface area contributed by atoms with Crippen LogP contribution in [-0.4, -0.2) is 17.6 Å². The molecule has 0 aromatic heterocycles. The van der Waals surface area contributed by atoms with Crippen molar-refractivity contribution in [3.63, 3.8) is 0 Å². The Balaban J connectivity index is 3.07. The molecule has 3 heteroatoms. The lowest BCUT2D eigenvalue weighted by Gasteiger charge is -2.04. The zero-order valence-electron chi connectivity index (χ0n) is 13.3. The summed E-state index contributed by atoms with van der Waals surface area (Å²) in [5.41, 5.74) is 0. The van der Waals surface area contributed by atoms with Gasteiger partial charge in [-0.05, 0) is 12.8 Å². The first-order valence-electron chi connectivity index (χ1n) is 8.53. The molecule has 0 atom stereocenters. The van der Waals surface area contributed by atoms with E-state index in [1.54, 1.807) is 6.54 Å². The largest absolute Gasteiger partial charge is 0.396 e. The number of aliphatic hydroxyl groups excluding tert-OH is 1. The van der Waals surface area contributed by atoms with Crippen LogP contribution in [0.1, 0.15) is 90.4 Å². The number of hydrogen-bond donors (Lipinski definition) is 2. The lowest BCUT2D eigenvalue weighted by Crippen LogP contribution is -2.20. The molecule has 0 aliphatic rings. The summed E-state index contributed by atoms with van der Waals surface area (Å²) in [4.78, 5) is 11.4. The van der Waals surface area contributed by atoms with Gasteiger partial charge in [0.05, 0.1) is 6.54 Å². The monoisotopic (exact) mass is 284 g/mol. The smallest absolute Gasteiger partial charge is 0.220 e. The van der Waals surface area contributed by atoms with Crippen molar-refractivity contribution in [3.05, 3.63) is 6.54 Å². The highest BCUT2D eigenvalue weighted by Crippen LogP contribution is 2.11. The Morgan fingerprint density at radius 3 is 1.90 bits per heavy atom. The number of carbonyl (C=O) groups excluding carboxylic acids is 1. The molecule has 0 aliphatic heterocycles. The third-order valence-corrected chi connectivity index (χ3v) is 3.54. The summed E-state index contributed by atoms with van der Waals surface area (Å²) >= 11 is 0. The van der Waals surface area contributed by atoms with Gasteiger partial charge in [-0.3, -0.25) is 4.79 Å². The highest BCUT2D eigenvalue weighted by Gasteiger charge is 2.00. The van der Waals surface area contributed by atoms with Crippen LogP contribution >= 0.6 is 0 Å². The molecule has 119 valence electrons. The van der Waals surface area contributed by atoms with Gasteiger partial charge in [0.15, 0.2) is 0 Å². The number of aliphatic hydroxyl groups is 1. The van der Waals surface area contributed by atoms with Crippen molar-refractivity contribution in [2.45, 2.75) is 90.4 Å². The zero-order chi connectivity index (χ0) is 14.9. The summed E-state index contributed by atoms with van der Waals surface area (Å²) in [5.74, 6) is 0.0781. The second-order valence-corrected chi connectivity index (χ2v) is 5.57. The van der Waals surface area contributed by atoms with Crippen LogP contribution in [0.25, 0.3) is 0 Å². The summed E-state index contributed by atoms with van der Waals surface area (Å²) < 4.78 is 0. The molecule has 0 fully saturated rings. The van der Waals surface area contributed by atoms with E-state index in [9.17, 15) is 4.79 Å². The normalized spacial score (nSPS) is 10.7. The van der Waals surface area contributed by atoms with Crippen molar-refractivity contribution >= 4 is 5.91 Å². The number of nitrogens with one attached hydrogen (secondary N) is 1. The Morgan fingerprint density at radius 1 is 0.900 bits per heavy atom. The SMILES string of the molecule is CCCCCCCCCCCCCC(=O)N[CH]CCO. The molecule has 0 rings (SSSR count). The van der Waals surface area contributed by atoms with E-state index in [1.165, 1.54) is 57.8 Å². The molecule has 1 radical (unpaired) electrons. The summed E-state index contributed by atoms with van der Waals surface area (Å²) in [6.07, 6.45) is 15.5. The number of carbonyl (C=O) groups is 1. The molecule has 0 heterocycles. The van der Waals surface area contributed by atoms with Gasteiger partial charge in [0.2, 0.25) is 5.91 Å². The molecule has 1 amide bonds. The lowest BCUT2D eigenvalue weighted by molar-refractivity contribution is -0.120. The van der Waals surface area contributed by atoms with E-state index >= 15 is 0 Å². The Hall–Kier alpha value is -0.570. The Labute approximate surface area is 125 Å². The van der Waals surface area contributed by atoms with E-state index < -0.39 is 0 Å². The minimum atomic E-state index is 0.0781. The molecular weight excluding hydrogens is 250 g/mol. The predicted octanol–water partition coefficient (Wildman–Crippen LogP) is 4.35. The molecule has 20 heavy (non-hydrogen) atoms. The van der Waals surface area contributed by atoms with E-state index in [2.05, 4.69) is 12.2 Å². The van der Waals surface area contributed by atoms with Crippen molar-refractivity contribution in [1.29, 1.82) is 0 Å². The van der Waals surface area contributed by atoms with Crippen LogP contribution in [0.15, 0.2) is 0 Å². The van der Waals surface area contributed by atoms with E-state index in [-0.39, 0.29) is 12.5 Å². The van der Waals surface area contributed by atoms with E-state index in [4.69, 9.17) is 5.11 Å². The molecule has 0 aromatic carbocycles. The molecule has 0 aliphatic carbocycles. The summed E-state index contributed by atoms with van der Waals surface area (Å²) in [6, 6.07) is 0. The highest BCUT2D eigenvalue weighted by molar-refractivity contribution is 5.76. The fourth-order valence-corrected chi connectivity index (χ4v) is 2.27. The van der Waals surface area contributed by atoms with E-state index in [0.29, 0.717) is 12.8 Å². The Bertz CT molecular complexity index is 207. The molecule has 0 spiro atoms. The minimum absolute atomic E-state index is 0.0781. The van der Waals surface area contributed by atoms with Crippen molar-refractivity contribution in [2.75, 3.05) is 6.61 Å². The van der Waals surface area contributed by atoms with Crippen LogP contribution in [0.2, 0.25) is 0 Å². The maximum absolute atomic E-state index is 11.4. The van der Waals surface area contributed by atoms with Gasteiger partial charge >= 0.3 is 0 Å². The molecule has 0 unspecified atom stereocenters.